The third-order valence-electron chi connectivity index (χ3n) is 6.24. The molecule has 0 heterocycles. The van der Waals surface area contributed by atoms with Crippen LogP contribution in [0.3, 0.4) is 0 Å². The van der Waals surface area contributed by atoms with E-state index < -0.39 is 28.5 Å². The highest BCUT2D eigenvalue weighted by Crippen LogP contribution is 2.33. The third-order valence-corrected chi connectivity index (χ3v) is 8.41. The number of hydrogen-bond donors (Lipinski definition) is 1. The molecule has 2 aromatic carbocycles. The summed E-state index contributed by atoms with van der Waals surface area (Å²) in [6.45, 7) is 1.15. The number of nitrogens with one attached hydrogen (secondary N) is 1. The number of rotatable bonds is 9. The van der Waals surface area contributed by atoms with Crippen LogP contribution in [0.1, 0.15) is 44.6 Å². The van der Waals surface area contributed by atoms with Crippen LogP contribution in [0, 0.1) is 0 Å². The Labute approximate surface area is 227 Å². The zero-order chi connectivity index (χ0) is 26.5. The molecule has 36 heavy (non-hydrogen) atoms. The van der Waals surface area contributed by atoms with Crippen LogP contribution in [-0.2, 0) is 26.2 Å². The van der Waals surface area contributed by atoms with Gasteiger partial charge in [-0.05, 0) is 49.6 Å². The molecule has 1 fully saturated rings. The van der Waals surface area contributed by atoms with Gasteiger partial charge in [0.25, 0.3) is 0 Å². The van der Waals surface area contributed by atoms with E-state index in [-0.39, 0.29) is 34.2 Å². The SMILES string of the molecule is C[C@H](C(=O)NC1CCCCC1)N(Cc1cccc(Cl)c1)C(=O)CN(c1cccc(Cl)c1Cl)S(C)(=O)=O. The maximum absolute atomic E-state index is 13.6. The second kappa shape index (κ2) is 12.5. The van der Waals surface area contributed by atoms with E-state index in [0.717, 1.165) is 42.7 Å². The fourth-order valence-corrected chi connectivity index (χ4v) is 5.78. The summed E-state index contributed by atoms with van der Waals surface area (Å²) < 4.78 is 26.3. The van der Waals surface area contributed by atoms with E-state index in [0.29, 0.717) is 10.6 Å². The summed E-state index contributed by atoms with van der Waals surface area (Å²) in [7, 11) is -3.91. The van der Waals surface area contributed by atoms with Crippen LogP contribution in [0.2, 0.25) is 15.1 Å². The van der Waals surface area contributed by atoms with Crippen molar-refractivity contribution >= 4 is 62.3 Å². The number of halogens is 3. The van der Waals surface area contributed by atoms with Crippen LogP contribution in [0.25, 0.3) is 0 Å². The molecule has 1 aliphatic rings. The molecule has 0 bridgehead atoms. The fourth-order valence-electron chi connectivity index (χ4n) is 4.26. The van der Waals surface area contributed by atoms with E-state index in [1.165, 1.54) is 17.0 Å². The standard InChI is InChI=1S/C25H30Cl3N3O4S/c1-17(25(33)29-20-10-4-3-5-11-20)30(15-18-8-6-9-19(26)14-18)23(32)16-31(36(2,34)35)22-13-7-12-21(27)24(22)28/h6-9,12-14,17,20H,3-5,10-11,15-16H2,1-2H3,(H,29,33)/t17-/m1/s1. The summed E-state index contributed by atoms with van der Waals surface area (Å²) in [5.41, 5.74) is 0.793. The van der Waals surface area contributed by atoms with Crippen LogP contribution in [0.15, 0.2) is 42.5 Å². The number of carbonyl (C=O) groups is 2. The smallest absolute Gasteiger partial charge is 0.244 e. The molecule has 1 N–H and O–H groups in total. The molecule has 3 rings (SSSR count). The highest BCUT2D eigenvalue weighted by atomic mass is 35.5. The summed E-state index contributed by atoms with van der Waals surface area (Å²) in [6, 6.07) is 10.7. The summed E-state index contributed by atoms with van der Waals surface area (Å²) in [5.74, 6) is -0.855. The Balaban J connectivity index is 1.90. The van der Waals surface area contributed by atoms with E-state index in [1.807, 2.05) is 0 Å². The summed E-state index contributed by atoms with van der Waals surface area (Å²) in [4.78, 5) is 28.2. The van der Waals surface area contributed by atoms with Gasteiger partial charge < -0.3 is 10.2 Å². The number of hydrogen-bond acceptors (Lipinski definition) is 4. The lowest BCUT2D eigenvalue weighted by molar-refractivity contribution is -0.139. The fraction of sp³-hybridized carbons (Fsp3) is 0.440. The predicted molar refractivity (Wildman–Crippen MR) is 145 cm³/mol. The third kappa shape index (κ3) is 7.51. The first kappa shape index (κ1) is 28.6. The van der Waals surface area contributed by atoms with E-state index >= 15 is 0 Å². The second-order valence-corrected chi connectivity index (χ2v) is 12.1. The van der Waals surface area contributed by atoms with Crippen molar-refractivity contribution in [2.24, 2.45) is 0 Å². The number of sulfonamides is 1. The lowest BCUT2D eigenvalue weighted by Crippen LogP contribution is -2.53. The summed E-state index contributed by atoms with van der Waals surface area (Å²) in [6.07, 6.45) is 6.03. The lowest BCUT2D eigenvalue weighted by atomic mass is 9.95. The number of benzene rings is 2. The molecule has 2 amide bonds. The zero-order valence-corrected chi connectivity index (χ0v) is 23.3. The van der Waals surface area contributed by atoms with Gasteiger partial charge >= 0.3 is 0 Å². The van der Waals surface area contributed by atoms with Crippen molar-refractivity contribution in [1.82, 2.24) is 10.2 Å². The van der Waals surface area contributed by atoms with Gasteiger partial charge in [0, 0.05) is 17.6 Å². The normalized spacial score (nSPS) is 15.2. The molecule has 196 valence electrons. The molecule has 0 spiro atoms. The van der Waals surface area contributed by atoms with Crippen molar-refractivity contribution in [2.75, 3.05) is 17.1 Å². The molecule has 11 heteroatoms. The van der Waals surface area contributed by atoms with Gasteiger partial charge in [0.05, 0.1) is 22.0 Å². The second-order valence-electron chi connectivity index (χ2n) is 9.01. The lowest BCUT2D eigenvalue weighted by Gasteiger charge is -2.33. The minimum absolute atomic E-state index is 0.0156. The first-order valence-corrected chi connectivity index (χ1v) is 14.7. The molecule has 2 aromatic rings. The molecule has 0 unspecified atom stereocenters. The number of amides is 2. The molecule has 0 aromatic heterocycles. The van der Waals surface area contributed by atoms with Crippen LogP contribution in [0.5, 0.6) is 0 Å². The summed E-state index contributed by atoms with van der Waals surface area (Å²) >= 11 is 18.5. The zero-order valence-electron chi connectivity index (χ0n) is 20.2. The molecule has 1 atom stereocenters. The van der Waals surface area contributed by atoms with Crippen LogP contribution >= 0.6 is 34.8 Å². The van der Waals surface area contributed by atoms with Crippen molar-refractivity contribution in [3.05, 3.63) is 63.1 Å². The van der Waals surface area contributed by atoms with E-state index in [9.17, 15) is 18.0 Å². The van der Waals surface area contributed by atoms with Crippen molar-refractivity contribution in [3.8, 4) is 0 Å². The van der Waals surface area contributed by atoms with Gasteiger partial charge in [0.1, 0.15) is 12.6 Å². The van der Waals surface area contributed by atoms with Crippen LogP contribution in [-0.4, -0.2) is 50.0 Å². The first-order valence-electron chi connectivity index (χ1n) is 11.7. The van der Waals surface area contributed by atoms with E-state index in [1.54, 1.807) is 37.3 Å². The van der Waals surface area contributed by atoms with Gasteiger partial charge in [-0.15, -0.1) is 0 Å². The average molecular weight is 575 g/mol. The van der Waals surface area contributed by atoms with Gasteiger partial charge in [0.2, 0.25) is 21.8 Å². The van der Waals surface area contributed by atoms with Gasteiger partial charge in [-0.3, -0.25) is 13.9 Å². The van der Waals surface area contributed by atoms with Crippen LogP contribution < -0.4 is 9.62 Å². The average Bonchev–Trinajstić information content (AvgIpc) is 2.82. The van der Waals surface area contributed by atoms with Gasteiger partial charge in [-0.25, -0.2) is 8.42 Å². The molecule has 0 saturated heterocycles. The van der Waals surface area contributed by atoms with Gasteiger partial charge in [0.15, 0.2) is 0 Å². The van der Waals surface area contributed by atoms with Gasteiger partial charge in [-0.1, -0.05) is 72.3 Å². The maximum atomic E-state index is 13.6. The molecular formula is C25H30Cl3N3O4S. The molecule has 1 aliphatic carbocycles. The molecule has 7 nitrogen and oxygen atoms in total. The minimum Gasteiger partial charge on any atom is -0.352 e. The van der Waals surface area contributed by atoms with Crippen molar-refractivity contribution in [1.29, 1.82) is 0 Å². The van der Waals surface area contributed by atoms with Crippen molar-refractivity contribution in [2.45, 2.75) is 57.7 Å². The Bertz CT molecular complexity index is 1200. The topological polar surface area (TPSA) is 86.8 Å². The minimum atomic E-state index is -3.91. The Morgan fingerprint density at radius 1 is 1.06 bits per heavy atom. The predicted octanol–water partition coefficient (Wildman–Crippen LogP) is 5.28. The van der Waals surface area contributed by atoms with Crippen molar-refractivity contribution < 1.29 is 18.0 Å². The highest BCUT2D eigenvalue weighted by molar-refractivity contribution is 7.92. The van der Waals surface area contributed by atoms with E-state index in [4.69, 9.17) is 34.8 Å². The Hall–Kier alpha value is -2.00. The Kier molecular flexibility index (Phi) is 9.92. The Morgan fingerprint density at radius 3 is 2.36 bits per heavy atom. The van der Waals surface area contributed by atoms with E-state index in [2.05, 4.69) is 5.32 Å². The number of nitrogens with zero attached hydrogens (tertiary/aromatic N) is 2. The maximum Gasteiger partial charge on any atom is 0.244 e. The molecule has 1 saturated carbocycles. The van der Waals surface area contributed by atoms with Gasteiger partial charge in [-0.2, -0.15) is 0 Å². The highest BCUT2D eigenvalue weighted by Gasteiger charge is 2.32. The first-order chi connectivity index (χ1) is 17.0. The number of anilines is 1. The van der Waals surface area contributed by atoms with Crippen LogP contribution in [0.4, 0.5) is 5.69 Å². The van der Waals surface area contributed by atoms with Crippen molar-refractivity contribution in [3.63, 3.8) is 0 Å². The molecule has 0 radical (unpaired) electrons. The quantitative estimate of drug-likeness (QED) is 0.442. The molecule has 0 aliphatic heterocycles. The monoisotopic (exact) mass is 573 g/mol. The summed E-state index contributed by atoms with van der Waals surface area (Å²) in [5, 5.41) is 3.72. The molecular weight excluding hydrogens is 545 g/mol. The Morgan fingerprint density at radius 2 is 1.72 bits per heavy atom. The largest absolute Gasteiger partial charge is 0.352 e. The number of carbonyl (C=O) groups excluding carboxylic acids is 2.